The van der Waals surface area contributed by atoms with E-state index in [0.29, 0.717) is 21.8 Å². The van der Waals surface area contributed by atoms with Crippen LogP contribution in [-0.2, 0) is 0 Å². The number of aromatic hydroxyl groups is 1. The van der Waals surface area contributed by atoms with Crippen LogP contribution < -0.4 is 5.32 Å². The molecule has 1 unspecified atom stereocenters. The first-order chi connectivity index (χ1) is 10.1. The third kappa shape index (κ3) is 2.64. The highest BCUT2D eigenvalue weighted by molar-refractivity contribution is 7.00. The van der Waals surface area contributed by atoms with Gasteiger partial charge in [0.1, 0.15) is 22.6 Å². The molecule has 0 bridgehead atoms. The Kier molecular flexibility index (Phi) is 3.65. The number of anilines is 1. The highest BCUT2D eigenvalue weighted by Crippen LogP contribution is 2.34. The van der Waals surface area contributed by atoms with Gasteiger partial charge >= 0.3 is 0 Å². The van der Waals surface area contributed by atoms with Crippen LogP contribution in [0.1, 0.15) is 18.5 Å². The van der Waals surface area contributed by atoms with Crippen LogP contribution in [0.5, 0.6) is 5.75 Å². The third-order valence-electron chi connectivity index (χ3n) is 3.19. The summed E-state index contributed by atoms with van der Waals surface area (Å²) in [5.74, 6) is -0.382. The molecule has 21 heavy (non-hydrogen) atoms. The molecule has 1 heterocycles. The second-order valence-electron chi connectivity index (χ2n) is 4.62. The number of benzene rings is 2. The smallest absolute Gasteiger partial charge is 0.129 e. The lowest BCUT2D eigenvalue weighted by Gasteiger charge is -2.18. The van der Waals surface area contributed by atoms with E-state index in [4.69, 9.17) is 11.6 Å². The van der Waals surface area contributed by atoms with Gasteiger partial charge < -0.3 is 10.4 Å². The Hall–Kier alpha value is -1.92. The Labute approximate surface area is 129 Å². The SMILES string of the molecule is CC(Nc1c(Cl)ccc2nsnc12)c1cc(F)ccc1O. The van der Waals surface area contributed by atoms with Gasteiger partial charge in [-0.3, -0.25) is 0 Å². The molecule has 0 aliphatic heterocycles. The summed E-state index contributed by atoms with van der Waals surface area (Å²) in [7, 11) is 0. The molecule has 4 nitrogen and oxygen atoms in total. The van der Waals surface area contributed by atoms with Gasteiger partial charge in [0, 0.05) is 5.56 Å². The number of hydrogen-bond donors (Lipinski definition) is 2. The molecule has 0 amide bonds. The summed E-state index contributed by atoms with van der Waals surface area (Å²) in [4.78, 5) is 0. The summed E-state index contributed by atoms with van der Waals surface area (Å²) >= 11 is 7.30. The number of nitrogens with zero attached hydrogens (tertiary/aromatic N) is 2. The molecule has 0 aliphatic carbocycles. The van der Waals surface area contributed by atoms with Crippen LogP contribution in [0.2, 0.25) is 5.02 Å². The number of aromatic nitrogens is 2. The summed E-state index contributed by atoms with van der Waals surface area (Å²) in [5, 5.41) is 13.5. The van der Waals surface area contributed by atoms with Crippen molar-refractivity contribution in [2.45, 2.75) is 13.0 Å². The van der Waals surface area contributed by atoms with Gasteiger partial charge in [-0.05, 0) is 37.3 Å². The van der Waals surface area contributed by atoms with E-state index in [1.54, 1.807) is 12.1 Å². The van der Waals surface area contributed by atoms with Crippen molar-refractivity contribution in [3.63, 3.8) is 0 Å². The fraction of sp³-hybridized carbons (Fsp3) is 0.143. The Morgan fingerprint density at radius 3 is 2.90 bits per heavy atom. The minimum Gasteiger partial charge on any atom is -0.508 e. The average Bonchev–Trinajstić information content (AvgIpc) is 2.93. The van der Waals surface area contributed by atoms with E-state index in [1.165, 1.54) is 18.2 Å². The van der Waals surface area contributed by atoms with Crippen molar-refractivity contribution in [3.8, 4) is 5.75 Å². The maximum atomic E-state index is 13.3. The highest BCUT2D eigenvalue weighted by atomic mass is 35.5. The van der Waals surface area contributed by atoms with E-state index in [1.807, 2.05) is 6.92 Å². The van der Waals surface area contributed by atoms with Crippen molar-refractivity contribution in [2.24, 2.45) is 0 Å². The van der Waals surface area contributed by atoms with E-state index in [0.717, 1.165) is 17.2 Å². The molecule has 1 aromatic heterocycles. The number of nitrogens with one attached hydrogen (secondary N) is 1. The minimum atomic E-state index is -0.406. The second kappa shape index (κ2) is 5.46. The van der Waals surface area contributed by atoms with Crippen LogP contribution >= 0.6 is 23.3 Å². The van der Waals surface area contributed by atoms with Gasteiger partial charge in [-0.1, -0.05) is 11.6 Å². The van der Waals surface area contributed by atoms with E-state index in [9.17, 15) is 9.50 Å². The Morgan fingerprint density at radius 1 is 1.29 bits per heavy atom. The van der Waals surface area contributed by atoms with Crippen molar-refractivity contribution < 1.29 is 9.50 Å². The van der Waals surface area contributed by atoms with Crippen molar-refractivity contribution in [3.05, 3.63) is 46.7 Å². The molecule has 2 aromatic carbocycles. The average molecular weight is 324 g/mol. The molecule has 0 spiro atoms. The van der Waals surface area contributed by atoms with Gasteiger partial charge in [-0.15, -0.1) is 0 Å². The number of halogens is 2. The zero-order chi connectivity index (χ0) is 15.0. The maximum Gasteiger partial charge on any atom is 0.129 e. The van der Waals surface area contributed by atoms with Crippen LogP contribution in [-0.4, -0.2) is 13.9 Å². The quantitative estimate of drug-likeness (QED) is 0.751. The number of phenols is 1. The first kappa shape index (κ1) is 14.0. The van der Waals surface area contributed by atoms with Gasteiger partial charge in [-0.2, -0.15) is 8.75 Å². The lowest BCUT2D eigenvalue weighted by molar-refractivity contribution is 0.462. The maximum absolute atomic E-state index is 13.3. The standard InChI is InChI=1S/C14H11ClFN3OS/c1-7(9-6-8(16)2-5-12(9)20)17-13-10(15)3-4-11-14(13)19-21-18-11/h2-7,17,20H,1H3. The van der Waals surface area contributed by atoms with E-state index >= 15 is 0 Å². The first-order valence-electron chi connectivity index (χ1n) is 6.22. The lowest BCUT2D eigenvalue weighted by Crippen LogP contribution is -2.08. The second-order valence-corrected chi connectivity index (χ2v) is 5.56. The lowest BCUT2D eigenvalue weighted by atomic mass is 10.1. The van der Waals surface area contributed by atoms with Crippen molar-refractivity contribution >= 4 is 40.0 Å². The molecule has 0 fully saturated rings. The molecule has 0 radical (unpaired) electrons. The van der Waals surface area contributed by atoms with E-state index < -0.39 is 5.82 Å². The van der Waals surface area contributed by atoms with Gasteiger partial charge in [0.25, 0.3) is 0 Å². The van der Waals surface area contributed by atoms with Crippen LogP contribution in [0, 0.1) is 5.82 Å². The molecule has 0 aliphatic rings. The Morgan fingerprint density at radius 2 is 2.10 bits per heavy atom. The molecule has 108 valence electrons. The summed E-state index contributed by atoms with van der Waals surface area (Å²) < 4.78 is 21.7. The molecule has 2 N–H and O–H groups in total. The molecular formula is C14H11ClFN3OS. The van der Waals surface area contributed by atoms with Crippen LogP contribution in [0.15, 0.2) is 30.3 Å². The number of rotatable bonds is 3. The zero-order valence-corrected chi connectivity index (χ0v) is 12.5. The van der Waals surface area contributed by atoms with E-state index in [-0.39, 0.29) is 11.8 Å². The molecule has 3 aromatic rings. The summed E-state index contributed by atoms with van der Waals surface area (Å²) in [6.07, 6.45) is 0. The molecule has 0 saturated carbocycles. The van der Waals surface area contributed by atoms with Crippen LogP contribution in [0.25, 0.3) is 11.0 Å². The normalized spacial score (nSPS) is 12.5. The largest absolute Gasteiger partial charge is 0.508 e. The van der Waals surface area contributed by atoms with Crippen LogP contribution in [0.4, 0.5) is 10.1 Å². The van der Waals surface area contributed by atoms with Gasteiger partial charge in [-0.25, -0.2) is 4.39 Å². The van der Waals surface area contributed by atoms with Crippen molar-refractivity contribution in [1.29, 1.82) is 0 Å². The number of fused-ring (bicyclic) bond motifs is 1. The molecular weight excluding hydrogens is 313 g/mol. The third-order valence-corrected chi connectivity index (χ3v) is 4.05. The minimum absolute atomic E-state index is 0.0242. The van der Waals surface area contributed by atoms with Gasteiger partial charge in [0.15, 0.2) is 0 Å². The van der Waals surface area contributed by atoms with Crippen LogP contribution in [0.3, 0.4) is 0 Å². The predicted molar refractivity (Wildman–Crippen MR) is 82.5 cm³/mol. The number of phenolic OH excluding ortho intramolecular Hbond substituents is 1. The Bertz CT molecular complexity index is 808. The topological polar surface area (TPSA) is 58.0 Å². The summed E-state index contributed by atoms with van der Waals surface area (Å²) in [6.45, 7) is 1.81. The molecule has 3 rings (SSSR count). The predicted octanol–water partition coefficient (Wildman–Crippen LogP) is 4.36. The Balaban J connectivity index is 2.00. The van der Waals surface area contributed by atoms with Gasteiger partial charge in [0.2, 0.25) is 0 Å². The van der Waals surface area contributed by atoms with Crippen molar-refractivity contribution in [2.75, 3.05) is 5.32 Å². The highest BCUT2D eigenvalue weighted by Gasteiger charge is 2.16. The monoisotopic (exact) mass is 323 g/mol. The summed E-state index contributed by atoms with van der Waals surface area (Å²) in [6, 6.07) is 7.01. The number of hydrogen-bond acceptors (Lipinski definition) is 5. The molecule has 7 heteroatoms. The zero-order valence-electron chi connectivity index (χ0n) is 11.0. The van der Waals surface area contributed by atoms with Crippen molar-refractivity contribution in [1.82, 2.24) is 8.75 Å². The van der Waals surface area contributed by atoms with E-state index in [2.05, 4.69) is 14.1 Å². The fourth-order valence-electron chi connectivity index (χ4n) is 2.13. The van der Waals surface area contributed by atoms with Gasteiger partial charge in [0.05, 0.1) is 28.5 Å². The molecule has 0 saturated heterocycles. The fourth-order valence-corrected chi connectivity index (χ4v) is 2.88. The molecule has 1 atom stereocenters. The summed E-state index contributed by atoms with van der Waals surface area (Å²) in [5.41, 5.74) is 2.48. The first-order valence-corrected chi connectivity index (χ1v) is 7.33.